The summed E-state index contributed by atoms with van der Waals surface area (Å²) in [7, 11) is 1.59. The van der Waals surface area contributed by atoms with Crippen molar-refractivity contribution < 1.29 is 13.9 Å². The standard InChI is InChI=1S/C29H31N3O4/c1-35-23-11-6-10-22(18-23)32-20-27(25-13-4-5-14-26(25)29(32)34)28(33)30-15-16-31(21-8-2-3-9-21)19-24-12-7-17-36-24/h4-7,10-14,17-18,20-21H,2-3,8-9,15-16,19H2,1H3,(H,30,33). The lowest BCUT2D eigenvalue weighted by molar-refractivity contribution is 0.0942. The number of methoxy groups -OCH3 is 1. The van der Waals surface area contributed by atoms with Gasteiger partial charge in [0.05, 0.1) is 31.2 Å². The molecule has 0 aliphatic heterocycles. The number of benzene rings is 2. The van der Waals surface area contributed by atoms with Crippen molar-refractivity contribution in [3.8, 4) is 11.4 Å². The summed E-state index contributed by atoms with van der Waals surface area (Å²) >= 11 is 0. The third-order valence-corrected chi connectivity index (χ3v) is 6.97. The number of rotatable bonds is 9. The van der Waals surface area contributed by atoms with Crippen molar-refractivity contribution in [2.45, 2.75) is 38.3 Å². The van der Waals surface area contributed by atoms with Gasteiger partial charge in [-0.25, -0.2) is 0 Å². The maximum Gasteiger partial charge on any atom is 0.262 e. The Morgan fingerprint density at radius 3 is 2.64 bits per heavy atom. The number of carbonyl (C=O) groups is 1. The molecule has 1 N–H and O–H groups in total. The van der Waals surface area contributed by atoms with Crippen LogP contribution in [0.15, 0.2) is 82.3 Å². The predicted molar refractivity (Wildman–Crippen MR) is 140 cm³/mol. The van der Waals surface area contributed by atoms with Crippen LogP contribution in [0, 0.1) is 0 Å². The number of nitrogens with zero attached hydrogens (tertiary/aromatic N) is 2. The monoisotopic (exact) mass is 485 g/mol. The Kier molecular flexibility index (Phi) is 7.18. The highest BCUT2D eigenvalue weighted by molar-refractivity contribution is 6.06. The predicted octanol–water partition coefficient (Wildman–Crippen LogP) is 4.77. The molecule has 1 fully saturated rings. The first-order valence-electron chi connectivity index (χ1n) is 12.5. The Morgan fingerprint density at radius 1 is 1.08 bits per heavy atom. The third-order valence-electron chi connectivity index (χ3n) is 6.97. The summed E-state index contributed by atoms with van der Waals surface area (Å²) in [5.41, 5.74) is 0.928. The van der Waals surface area contributed by atoms with Gasteiger partial charge in [0.25, 0.3) is 11.5 Å². The highest BCUT2D eigenvalue weighted by atomic mass is 16.5. The van der Waals surface area contributed by atoms with Crippen molar-refractivity contribution in [3.63, 3.8) is 0 Å². The van der Waals surface area contributed by atoms with Crippen LogP contribution in [0.1, 0.15) is 41.8 Å². The molecule has 2 heterocycles. The van der Waals surface area contributed by atoms with Crippen LogP contribution in [-0.2, 0) is 6.54 Å². The second kappa shape index (κ2) is 10.8. The highest BCUT2D eigenvalue weighted by Crippen LogP contribution is 2.25. The lowest BCUT2D eigenvalue weighted by Crippen LogP contribution is -2.39. The van der Waals surface area contributed by atoms with Crippen LogP contribution in [0.4, 0.5) is 0 Å². The molecule has 1 saturated carbocycles. The molecule has 1 amide bonds. The van der Waals surface area contributed by atoms with Crippen LogP contribution in [0.2, 0.25) is 0 Å². The van der Waals surface area contributed by atoms with E-state index in [9.17, 15) is 9.59 Å². The minimum absolute atomic E-state index is 0.179. The van der Waals surface area contributed by atoms with Crippen LogP contribution in [0.3, 0.4) is 0 Å². The maximum atomic E-state index is 13.4. The van der Waals surface area contributed by atoms with Gasteiger partial charge in [-0.3, -0.25) is 19.1 Å². The number of aromatic nitrogens is 1. The summed E-state index contributed by atoms with van der Waals surface area (Å²) in [5.74, 6) is 1.37. The first kappa shape index (κ1) is 23.9. The molecule has 2 aromatic heterocycles. The van der Waals surface area contributed by atoms with Crippen LogP contribution in [-0.4, -0.2) is 41.6 Å². The molecule has 0 radical (unpaired) electrons. The van der Waals surface area contributed by atoms with Gasteiger partial charge >= 0.3 is 0 Å². The molecule has 1 aliphatic carbocycles. The minimum atomic E-state index is -0.202. The Hall–Kier alpha value is -3.84. The first-order chi connectivity index (χ1) is 17.6. The van der Waals surface area contributed by atoms with E-state index in [2.05, 4.69) is 10.2 Å². The molecule has 0 bridgehead atoms. The summed E-state index contributed by atoms with van der Waals surface area (Å²) in [6.45, 7) is 1.96. The normalized spacial score (nSPS) is 13.9. The summed E-state index contributed by atoms with van der Waals surface area (Å²) in [6.07, 6.45) is 8.15. The molecule has 1 aliphatic rings. The largest absolute Gasteiger partial charge is 0.497 e. The van der Waals surface area contributed by atoms with E-state index in [4.69, 9.17) is 9.15 Å². The van der Waals surface area contributed by atoms with Crippen molar-refractivity contribution in [1.29, 1.82) is 0 Å². The molecule has 5 rings (SSSR count). The number of hydrogen-bond acceptors (Lipinski definition) is 5. The molecule has 186 valence electrons. The molecule has 0 saturated heterocycles. The molecular weight excluding hydrogens is 454 g/mol. The summed E-state index contributed by atoms with van der Waals surface area (Å²) < 4.78 is 12.4. The Bertz CT molecular complexity index is 1390. The van der Waals surface area contributed by atoms with E-state index in [1.165, 1.54) is 30.3 Å². The second-order valence-corrected chi connectivity index (χ2v) is 9.21. The number of amides is 1. The fraction of sp³-hybridized carbons (Fsp3) is 0.310. The fourth-order valence-corrected chi connectivity index (χ4v) is 5.10. The van der Waals surface area contributed by atoms with Crippen LogP contribution in [0.25, 0.3) is 16.5 Å². The molecule has 4 aromatic rings. The molecule has 0 unspecified atom stereocenters. The first-order valence-corrected chi connectivity index (χ1v) is 12.5. The van der Waals surface area contributed by atoms with Crippen molar-refractivity contribution in [2.24, 2.45) is 0 Å². The maximum absolute atomic E-state index is 13.4. The van der Waals surface area contributed by atoms with E-state index in [-0.39, 0.29) is 11.5 Å². The summed E-state index contributed by atoms with van der Waals surface area (Å²) in [4.78, 5) is 29.1. The molecule has 0 atom stereocenters. The van der Waals surface area contributed by atoms with Crippen molar-refractivity contribution in [3.05, 3.63) is 94.8 Å². The van der Waals surface area contributed by atoms with E-state index < -0.39 is 0 Å². The third kappa shape index (κ3) is 5.06. The summed E-state index contributed by atoms with van der Waals surface area (Å²) in [6, 6.07) is 18.9. The van der Waals surface area contributed by atoms with Gasteiger partial charge in [0.1, 0.15) is 11.5 Å². The van der Waals surface area contributed by atoms with Crippen LogP contribution < -0.4 is 15.6 Å². The number of fused-ring (bicyclic) bond motifs is 1. The van der Waals surface area contributed by atoms with Gasteiger partial charge in [-0.1, -0.05) is 37.1 Å². The SMILES string of the molecule is COc1cccc(-n2cc(C(=O)NCCN(Cc3ccco3)C3CCCC3)c3ccccc3c2=O)c1. The van der Waals surface area contributed by atoms with Crippen LogP contribution in [0.5, 0.6) is 5.75 Å². The number of ether oxygens (including phenoxy) is 1. The van der Waals surface area contributed by atoms with Gasteiger partial charge in [0.15, 0.2) is 0 Å². The quantitative estimate of drug-likeness (QED) is 0.370. The number of nitrogens with one attached hydrogen (secondary N) is 1. The highest BCUT2D eigenvalue weighted by Gasteiger charge is 2.23. The smallest absolute Gasteiger partial charge is 0.262 e. The summed E-state index contributed by atoms with van der Waals surface area (Å²) in [5, 5.41) is 4.23. The van der Waals surface area contributed by atoms with E-state index >= 15 is 0 Å². The van der Waals surface area contributed by atoms with Gasteiger partial charge in [-0.15, -0.1) is 0 Å². The lowest BCUT2D eigenvalue weighted by Gasteiger charge is -2.28. The number of furan rings is 1. The molecule has 0 spiro atoms. The average molecular weight is 486 g/mol. The second-order valence-electron chi connectivity index (χ2n) is 9.21. The van der Waals surface area contributed by atoms with E-state index in [1.807, 2.05) is 48.5 Å². The van der Waals surface area contributed by atoms with Crippen molar-refractivity contribution >= 4 is 16.7 Å². The molecular formula is C29H31N3O4. The van der Waals surface area contributed by atoms with E-state index in [0.29, 0.717) is 40.4 Å². The lowest BCUT2D eigenvalue weighted by atomic mass is 10.1. The zero-order valence-corrected chi connectivity index (χ0v) is 20.5. The molecule has 2 aromatic carbocycles. The van der Waals surface area contributed by atoms with E-state index in [0.717, 1.165) is 18.8 Å². The average Bonchev–Trinajstić information content (AvgIpc) is 3.63. The molecule has 36 heavy (non-hydrogen) atoms. The van der Waals surface area contributed by atoms with E-state index in [1.54, 1.807) is 31.7 Å². The van der Waals surface area contributed by atoms with Gasteiger partial charge in [-0.2, -0.15) is 0 Å². The Morgan fingerprint density at radius 2 is 1.89 bits per heavy atom. The Balaban J connectivity index is 1.38. The Labute approximate surface area is 210 Å². The van der Waals surface area contributed by atoms with Gasteiger partial charge in [-0.05, 0) is 43.2 Å². The number of hydrogen-bond donors (Lipinski definition) is 1. The fourth-order valence-electron chi connectivity index (χ4n) is 5.10. The zero-order chi connectivity index (χ0) is 24.9. The topological polar surface area (TPSA) is 76.7 Å². The van der Waals surface area contributed by atoms with Crippen LogP contribution >= 0.6 is 0 Å². The van der Waals surface area contributed by atoms with Gasteiger partial charge in [0, 0.05) is 42.2 Å². The van der Waals surface area contributed by atoms with Gasteiger partial charge in [0.2, 0.25) is 0 Å². The van der Waals surface area contributed by atoms with Crippen molar-refractivity contribution in [1.82, 2.24) is 14.8 Å². The number of carbonyl (C=O) groups excluding carboxylic acids is 1. The zero-order valence-electron chi connectivity index (χ0n) is 20.5. The number of pyridine rings is 1. The molecule has 7 nitrogen and oxygen atoms in total. The molecule has 7 heteroatoms. The van der Waals surface area contributed by atoms with Crippen molar-refractivity contribution in [2.75, 3.05) is 20.2 Å². The van der Waals surface area contributed by atoms with Gasteiger partial charge < -0.3 is 14.5 Å². The minimum Gasteiger partial charge on any atom is -0.497 e.